The average molecular weight is 610 g/mol. The highest BCUT2D eigenvalue weighted by molar-refractivity contribution is 6.13. The molecule has 0 bridgehead atoms. The number of piperazine rings is 1. The zero-order chi connectivity index (χ0) is 32.7. The maximum absolute atomic E-state index is 13.9. The fourth-order valence-corrected chi connectivity index (χ4v) is 4.05. The Bertz CT molecular complexity index is 1470. The lowest BCUT2D eigenvalue weighted by molar-refractivity contribution is -0.138. The normalized spacial score (nSPS) is 13.1. The SMILES string of the molecule is C=NC.CC.CNc1ncncc1C(=N)C#Cc1cncc(C(=O)Nc2ccc(CN3CCN(C)CC3)c(C(F)(F)F)c2)c1. The number of benzene rings is 1. The van der Waals surface area contributed by atoms with E-state index in [4.69, 9.17) is 5.41 Å². The summed E-state index contributed by atoms with van der Waals surface area (Å²) in [5.41, 5.74) is 0.252. The minimum Gasteiger partial charge on any atom is -0.372 e. The third-order valence-electron chi connectivity index (χ3n) is 6.21. The summed E-state index contributed by atoms with van der Waals surface area (Å²) in [5.74, 6) is 5.27. The quantitative estimate of drug-likeness (QED) is 0.274. The van der Waals surface area contributed by atoms with E-state index in [2.05, 4.69) is 54.0 Å². The Hall–Kier alpha value is -4.67. The van der Waals surface area contributed by atoms with Crippen LogP contribution in [0.3, 0.4) is 0 Å². The molecule has 4 rings (SSSR count). The van der Waals surface area contributed by atoms with Crippen molar-refractivity contribution in [3.63, 3.8) is 0 Å². The number of hydrogen-bond acceptors (Lipinski definition) is 9. The lowest BCUT2D eigenvalue weighted by Gasteiger charge is -2.33. The molecular weight excluding hydrogens is 571 g/mol. The molecule has 0 radical (unpaired) electrons. The number of amides is 1. The summed E-state index contributed by atoms with van der Waals surface area (Å²) in [6, 6.07) is 5.30. The van der Waals surface area contributed by atoms with Gasteiger partial charge in [0, 0.05) is 76.7 Å². The van der Waals surface area contributed by atoms with Crippen LogP contribution >= 0.6 is 0 Å². The molecule has 10 nitrogen and oxygen atoms in total. The van der Waals surface area contributed by atoms with Crippen LogP contribution in [0.1, 0.15) is 46.5 Å². The molecule has 1 aliphatic heterocycles. The van der Waals surface area contributed by atoms with Crippen molar-refractivity contribution in [3.8, 4) is 11.8 Å². The third-order valence-corrected chi connectivity index (χ3v) is 6.21. The van der Waals surface area contributed by atoms with Crippen LogP contribution in [0.15, 0.2) is 54.2 Å². The molecule has 1 saturated heterocycles. The van der Waals surface area contributed by atoms with Gasteiger partial charge in [0.2, 0.25) is 0 Å². The standard InChI is InChI=1S/C27H27F3N8O.C2H5N.C2H6/c1-32-25-22(15-34-17-35-25)24(31)6-3-18-11-20(14-33-13-18)26(39)36-21-5-4-19(23(12-21)27(28,29)30)16-38-9-7-37(2)8-10-38;1-3-2;1-2/h4-5,11-15,17,31H,7-10,16H2,1-2H3,(H,36,39)(H,32,34,35);1H2,2H3;1-2H3. The zero-order valence-electron chi connectivity index (χ0n) is 25.6. The van der Waals surface area contributed by atoms with Crippen LogP contribution in [0.4, 0.5) is 24.7 Å². The number of halogens is 3. The van der Waals surface area contributed by atoms with Crippen molar-refractivity contribution in [1.29, 1.82) is 5.41 Å². The van der Waals surface area contributed by atoms with Crippen molar-refractivity contribution < 1.29 is 18.0 Å². The number of carbonyl (C=O) groups excluding carboxylic acids is 1. The number of alkyl halides is 3. The monoisotopic (exact) mass is 609 g/mol. The number of carbonyl (C=O) groups is 1. The molecule has 234 valence electrons. The highest BCUT2D eigenvalue weighted by Gasteiger charge is 2.34. The van der Waals surface area contributed by atoms with E-state index in [-0.39, 0.29) is 29.1 Å². The lowest BCUT2D eigenvalue weighted by atomic mass is 10.0. The largest absolute Gasteiger partial charge is 0.416 e. The minimum atomic E-state index is -4.57. The van der Waals surface area contributed by atoms with Gasteiger partial charge in [-0.3, -0.25) is 20.1 Å². The second kappa shape index (κ2) is 17.4. The minimum absolute atomic E-state index is 0.0244. The zero-order valence-corrected chi connectivity index (χ0v) is 25.6. The van der Waals surface area contributed by atoms with E-state index >= 15 is 0 Å². The first-order chi connectivity index (χ1) is 21.0. The Labute approximate surface area is 256 Å². The van der Waals surface area contributed by atoms with Gasteiger partial charge in [-0.2, -0.15) is 13.2 Å². The third kappa shape index (κ3) is 10.6. The van der Waals surface area contributed by atoms with Crippen LogP contribution in [0.2, 0.25) is 0 Å². The molecule has 0 unspecified atom stereocenters. The van der Waals surface area contributed by atoms with Crippen LogP contribution in [0.5, 0.6) is 0 Å². The van der Waals surface area contributed by atoms with Crippen molar-refractivity contribution in [2.24, 2.45) is 4.99 Å². The second-order valence-electron chi connectivity index (χ2n) is 9.34. The molecule has 13 heteroatoms. The maximum Gasteiger partial charge on any atom is 0.416 e. The predicted octanol–water partition coefficient (Wildman–Crippen LogP) is 4.69. The Kier molecular flexibility index (Phi) is 14.1. The Morgan fingerprint density at radius 2 is 1.80 bits per heavy atom. The molecule has 1 amide bonds. The highest BCUT2D eigenvalue weighted by Crippen LogP contribution is 2.34. The van der Waals surface area contributed by atoms with Gasteiger partial charge in [-0.25, -0.2) is 9.97 Å². The number of rotatable bonds is 6. The van der Waals surface area contributed by atoms with E-state index < -0.39 is 17.6 Å². The van der Waals surface area contributed by atoms with E-state index in [1.165, 1.54) is 43.1 Å². The number of aromatic nitrogens is 3. The van der Waals surface area contributed by atoms with E-state index in [9.17, 15) is 18.0 Å². The Balaban J connectivity index is 0.00000127. The van der Waals surface area contributed by atoms with Crippen molar-refractivity contribution in [2.45, 2.75) is 26.6 Å². The highest BCUT2D eigenvalue weighted by atomic mass is 19.4. The van der Waals surface area contributed by atoms with E-state index in [0.717, 1.165) is 19.2 Å². The van der Waals surface area contributed by atoms with Crippen molar-refractivity contribution >= 4 is 29.8 Å². The van der Waals surface area contributed by atoms with Crippen molar-refractivity contribution in [3.05, 3.63) is 77.0 Å². The molecule has 0 atom stereocenters. The number of aliphatic imine (C=N–C) groups is 1. The van der Waals surface area contributed by atoms with Gasteiger partial charge in [0.05, 0.1) is 16.7 Å². The number of nitrogens with zero attached hydrogens (tertiary/aromatic N) is 6. The molecule has 1 fully saturated rings. The fraction of sp³-hybridized carbons (Fsp3) is 0.355. The van der Waals surface area contributed by atoms with Crippen molar-refractivity contribution in [1.82, 2.24) is 24.8 Å². The van der Waals surface area contributed by atoms with Gasteiger partial charge in [0.15, 0.2) is 0 Å². The van der Waals surface area contributed by atoms with Gasteiger partial charge >= 0.3 is 6.18 Å². The predicted molar refractivity (Wildman–Crippen MR) is 169 cm³/mol. The first-order valence-electron chi connectivity index (χ1n) is 13.9. The lowest BCUT2D eigenvalue weighted by Crippen LogP contribution is -2.44. The first-order valence-corrected chi connectivity index (χ1v) is 13.9. The summed E-state index contributed by atoms with van der Waals surface area (Å²) in [6.07, 6.45) is 0.959. The molecule has 0 saturated carbocycles. The van der Waals surface area contributed by atoms with Crippen LogP contribution in [0.25, 0.3) is 0 Å². The average Bonchev–Trinajstić information content (AvgIpc) is 3.02. The molecule has 3 aromatic rings. The second-order valence-corrected chi connectivity index (χ2v) is 9.34. The number of pyridine rings is 1. The first kappa shape index (κ1) is 35.5. The van der Waals surface area contributed by atoms with E-state index in [1.807, 2.05) is 25.8 Å². The number of likely N-dealkylation sites (N-methyl/N-ethyl adjacent to an activating group) is 1. The van der Waals surface area contributed by atoms with Crippen LogP contribution in [-0.4, -0.2) is 90.4 Å². The fourth-order valence-electron chi connectivity index (χ4n) is 4.05. The van der Waals surface area contributed by atoms with Gasteiger partial charge in [-0.05, 0) is 43.4 Å². The number of nitrogens with one attached hydrogen (secondary N) is 3. The maximum atomic E-state index is 13.9. The van der Waals surface area contributed by atoms with Gasteiger partial charge in [0.1, 0.15) is 17.9 Å². The topological polar surface area (TPSA) is 122 Å². The van der Waals surface area contributed by atoms with Crippen LogP contribution in [0, 0.1) is 17.3 Å². The van der Waals surface area contributed by atoms with E-state index in [1.54, 1.807) is 14.1 Å². The molecular formula is C31H38F3N9O. The molecule has 0 spiro atoms. The molecule has 1 aliphatic rings. The molecule has 2 aromatic heterocycles. The van der Waals surface area contributed by atoms with Crippen molar-refractivity contribution in [2.75, 3.05) is 58.0 Å². The molecule has 3 N–H and O–H groups in total. The van der Waals surface area contributed by atoms with Gasteiger partial charge < -0.3 is 20.5 Å². The summed E-state index contributed by atoms with van der Waals surface area (Å²) < 4.78 is 41.7. The number of hydrogen-bond donors (Lipinski definition) is 3. The van der Waals surface area contributed by atoms with Gasteiger partial charge in [-0.1, -0.05) is 25.8 Å². The van der Waals surface area contributed by atoms with Gasteiger partial charge in [-0.15, -0.1) is 0 Å². The summed E-state index contributed by atoms with van der Waals surface area (Å²) in [4.78, 5) is 32.2. The van der Waals surface area contributed by atoms with Crippen LogP contribution < -0.4 is 10.6 Å². The van der Waals surface area contributed by atoms with Gasteiger partial charge in [0.25, 0.3) is 5.91 Å². The smallest absolute Gasteiger partial charge is 0.372 e. The molecule has 1 aromatic carbocycles. The molecule has 44 heavy (non-hydrogen) atoms. The number of anilines is 2. The molecule has 3 heterocycles. The van der Waals surface area contributed by atoms with Crippen LogP contribution in [-0.2, 0) is 12.7 Å². The summed E-state index contributed by atoms with van der Waals surface area (Å²) in [7, 11) is 5.29. The van der Waals surface area contributed by atoms with E-state index in [0.29, 0.717) is 30.0 Å². The summed E-state index contributed by atoms with van der Waals surface area (Å²) in [5, 5.41) is 13.6. The molecule has 0 aliphatic carbocycles. The Morgan fingerprint density at radius 3 is 2.43 bits per heavy atom. The summed E-state index contributed by atoms with van der Waals surface area (Å²) >= 11 is 0. The summed E-state index contributed by atoms with van der Waals surface area (Å²) in [6.45, 7) is 10.3. The Morgan fingerprint density at radius 1 is 1.11 bits per heavy atom.